The summed E-state index contributed by atoms with van der Waals surface area (Å²) in [4.78, 5) is 0. The Kier molecular flexibility index (Phi) is 6.48. The van der Waals surface area contributed by atoms with Gasteiger partial charge in [-0.3, -0.25) is 0 Å². The summed E-state index contributed by atoms with van der Waals surface area (Å²) in [5.41, 5.74) is 0.833. The summed E-state index contributed by atoms with van der Waals surface area (Å²) < 4.78 is 13.2. The van der Waals surface area contributed by atoms with E-state index in [0.717, 1.165) is 24.2 Å². The Morgan fingerprint density at radius 1 is 0.960 bits per heavy atom. The molecular weight excluding hydrogens is 342 g/mol. The van der Waals surface area contributed by atoms with Crippen LogP contribution in [0.2, 0.25) is 36.3 Å². The quantitative estimate of drug-likeness (QED) is 0.515. The Balaban J connectivity index is 3.09. The largest absolute Gasteiger partial charge is 0.546 e. The SMILES string of the molecule is C[C@@H]1C[C@@H](O[Si](C)(C)C(C)(C)C)CC(O[Si](C)(C)C(C)(C)C)=C1C#N. The lowest BCUT2D eigenvalue weighted by atomic mass is 9.87. The summed E-state index contributed by atoms with van der Waals surface area (Å²) in [6.07, 6.45) is 1.82. The van der Waals surface area contributed by atoms with Crippen LogP contribution in [0.1, 0.15) is 61.3 Å². The van der Waals surface area contributed by atoms with Gasteiger partial charge in [0.1, 0.15) is 0 Å². The van der Waals surface area contributed by atoms with Gasteiger partial charge in [-0.05, 0) is 48.6 Å². The summed E-state index contributed by atoms with van der Waals surface area (Å²) in [5, 5.41) is 9.99. The highest BCUT2D eigenvalue weighted by atomic mass is 28.4. The molecule has 0 saturated carbocycles. The van der Waals surface area contributed by atoms with Crippen molar-refractivity contribution < 1.29 is 8.85 Å². The fraction of sp³-hybridized carbons (Fsp3) is 0.850. The van der Waals surface area contributed by atoms with Crippen molar-refractivity contribution >= 4 is 16.6 Å². The fourth-order valence-electron chi connectivity index (χ4n) is 2.60. The Labute approximate surface area is 158 Å². The van der Waals surface area contributed by atoms with E-state index in [1.54, 1.807) is 0 Å². The minimum Gasteiger partial charge on any atom is -0.546 e. The smallest absolute Gasteiger partial charge is 0.250 e. The highest BCUT2D eigenvalue weighted by Crippen LogP contribution is 2.44. The van der Waals surface area contributed by atoms with Gasteiger partial charge in [0.25, 0.3) is 0 Å². The average Bonchev–Trinajstić information content (AvgIpc) is 2.34. The highest BCUT2D eigenvalue weighted by molar-refractivity contribution is 6.74. The van der Waals surface area contributed by atoms with Crippen molar-refractivity contribution in [2.24, 2.45) is 5.92 Å². The zero-order chi connectivity index (χ0) is 19.8. The molecule has 2 atom stereocenters. The molecular formula is C20H39NO2Si2. The maximum atomic E-state index is 9.68. The second-order valence-corrected chi connectivity index (χ2v) is 20.1. The second-order valence-electron chi connectivity index (χ2n) is 10.7. The van der Waals surface area contributed by atoms with Gasteiger partial charge in [0.15, 0.2) is 8.32 Å². The van der Waals surface area contributed by atoms with Gasteiger partial charge in [-0.2, -0.15) is 5.26 Å². The third-order valence-corrected chi connectivity index (χ3v) is 15.3. The van der Waals surface area contributed by atoms with Crippen molar-refractivity contribution in [1.82, 2.24) is 0 Å². The van der Waals surface area contributed by atoms with Crippen LogP contribution in [0.25, 0.3) is 0 Å². The molecule has 0 spiro atoms. The highest BCUT2D eigenvalue weighted by Gasteiger charge is 2.44. The van der Waals surface area contributed by atoms with Crippen LogP contribution in [0, 0.1) is 17.2 Å². The van der Waals surface area contributed by atoms with Crippen LogP contribution < -0.4 is 0 Å². The van der Waals surface area contributed by atoms with Gasteiger partial charge in [0.2, 0.25) is 8.32 Å². The van der Waals surface area contributed by atoms with Crippen LogP contribution in [0.5, 0.6) is 0 Å². The monoisotopic (exact) mass is 381 g/mol. The first-order valence-electron chi connectivity index (χ1n) is 9.52. The normalized spacial score (nSPS) is 23.4. The first-order valence-corrected chi connectivity index (χ1v) is 15.3. The summed E-state index contributed by atoms with van der Waals surface area (Å²) in [6.45, 7) is 24.8. The zero-order valence-electron chi connectivity index (χ0n) is 18.3. The Bertz CT molecular complexity index is 560. The molecule has 144 valence electrons. The van der Waals surface area contributed by atoms with Crippen molar-refractivity contribution in [2.75, 3.05) is 0 Å². The van der Waals surface area contributed by atoms with Gasteiger partial charge in [0.05, 0.1) is 23.5 Å². The number of hydrogen-bond donors (Lipinski definition) is 0. The number of rotatable bonds is 4. The lowest BCUT2D eigenvalue weighted by molar-refractivity contribution is 0.132. The van der Waals surface area contributed by atoms with Crippen LogP contribution in [0.3, 0.4) is 0 Å². The van der Waals surface area contributed by atoms with Crippen LogP contribution in [0.4, 0.5) is 0 Å². The first kappa shape index (κ1) is 22.5. The molecule has 1 aliphatic carbocycles. The third kappa shape index (κ3) is 5.21. The van der Waals surface area contributed by atoms with Gasteiger partial charge in [-0.1, -0.05) is 48.5 Å². The fourth-order valence-corrected chi connectivity index (χ4v) is 5.08. The van der Waals surface area contributed by atoms with E-state index in [1.165, 1.54) is 0 Å². The van der Waals surface area contributed by atoms with Gasteiger partial charge in [-0.25, -0.2) is 0 Å². The molecule has 3 nitrogen and oxygen atoms in total. The second kappa shape index (κ2) is 7.21. The molecule has 0 radical (unpaired) electrons. The van der Waals surface area contributed by atoms with E-state index in [-0.39, 0.29) is 22.1 Å². The number of hydrogen-bond acceptors (Lipinski definition) is 3. The van der Waals surface area contributed by atoms with Crippen molar-refractivity contribution in [3.63, 3.8) is 0 Å². The molecule has 0 bridgehead atoms. The molecule has 25 heavy (non-hydrogen) atoms. The van der Waals surface area contributed by atoms with E-state index in [0.29, 0.717) is 0 Å². The first-order chi connectivity index (χ1) is 11.0. The summed E-state index contributed by atoms with van der Waals surface area (Å²) >= 11 is 0. The molecule has 0 aliphatic heterocycles. The van der Waals surface area contributed by atoms with Crippen LogP contribution in [0.15, 0.2) is 11.3 Å². The van der Waals surface area contributed by atoms with Gasteiger partial charge < -0.3 is 8.85 Å². The predicted molar refractivity (Wildman–Crippen MR) is 111 cm³/mol. The summed E-state index contributed by atoms with van der Waals surface area (Å²) in [6, 6.07) is 2.42. The minimum atomic E-state index is -1.96. The molecule has 0 aromatic carbocycles. The molecule has 0 amide bonds. The zero-order valence-corrected chi connectivity index (χ0v) is 20.3. The van der Waals surface area contributed by atoms with Crippen molar-refractivity contribution in [1.29, 1.82) is 5.26 Å². The maximum absolute atomic E-state index is 9.68. The molecule has 1 aliphatic rings. The molecule has 0 N–H and O–H groups in total. The Morgan fingerprint density at radius 2 is 1.44 bits per heavy atom. The Hall–Kier alpha value is -0.576. The van der Waals surface area contributed by atoms with E-state index in [1.807, 2.05) is 0 Å². The van der Waals surface area contributed by atoms with Crippen LogP contribution >= 0.6 is 0 Å². The molecule has 0 saturated heterocycles. The van der Waals surface area contributed by atoms with E-state index in [4.69, 9.17) is 8.85 Å². The van der Waals surface area contributed by atoms with E-state index in [2.05, 4.69) is 80.7 Å². The molecule has 0 heterocycles. The summed E-state index contributed by atoms with van der Waals surface area (Å²) in [5.74, 6) is 1.10. The molecule has 0 fully saturated rings. The number of nitrogens with zero attached hydrogens (tertiary/aromatic N) is 1. The van der Waals surface area contributed by atoms with Crippen LogP contribution in [-0.2, 0) is 8.85 Å². The van der Waals surface area contributed by atoms with Crippen molar-refractivity contribution in [2.45, 2.75) is 104 Å². The van der Waals surface area contributed by atoms with E-state index in [9.17, 15) is 5.26 Å². The topological polar surface area (TPSA) is 42.2 Å². The minimum absolute atomic E-state index is 0.122. The van der Waals surface area contributed by atoms with Gasteiger partial charge >= 0.3 is 0 Å². The predicted octanol–water partition coefficient (Wildman–Crippen LogP) is 6.61. The van der Waals surface area contributed by atoms with Crippen molar-refractivity contribution in [3.8, 4) is 6.07 Å². The van der Waals surface area contributed by atoms with Gasteiger partial charge in [0, 0.05) is 6.42 Å². The van der Waals surface area contributed by atoms with Crippen LogP contribution in [-0.4, -0.2) is 22.7 Å². The lowest BCUT2D eigenvalue weighted by Gasteiger charge is -2.43. The number of nitriles is 1. The van der Waals surface area contributed by atoms with E-state index < -0.39 is 16.6 Å². The molecule has 0 unspecified atom stereocenters. The number of allylic oxidation sites excluding steroid dienone is 1. The average molecular weight is 382 g/mol. The molecule has 5 heteroatoms. The van der Waals surface area contributed by atoms with Gasteiger partial charge in [-0.15, -0.1) is 0 Å². The lowest BCUT2D eigenvalue weighted by Crippen LogP contribution is -2.46. The summed E-state index contributed by atoms with van der Waals surface area (Å²) in [7, 11) is -3.79. The molecule has 0 aromatic heterocycles. The van der Waals surface area contributed by atoms with E-state index >= 15 is 0 Å². The Morgan fingerprint density at radius 3 is 1.84 bits per heavy atom. The third-order valence-electron chi connectivity index (χ3n) is 6.40. The van der Waals surface area contributed by atoms with Crippen molar-refractivity contribution in [3.05, 3.63) is 11.3 Å². The molecule has 0 aromatic rings. The molecule has 1 rings (SSSR count). The maximum Gasteiger partial charge on any atom is 0.250 e. The standard InChI is InChI=1S/C20H39NO2Si2/c1-15-12-16(22-24(8,9)19(2,3)4)13-18(17(15)14-21)23-25(10,11)20(5,6)7/h15-16H,12-13H2,1-11H3/t15-,16-/m1/s1.